The molecule has 1 aromatic rings. The molecule has 2 nitrogen and oxygen atoms in total. The molecule has 1 rings (SSSR count). The third-order valence-corrected chi connectivity index (χ3v) is 4.47. The van der Waals surface area contributed by atoms with Crippen molar-refractivity contribution in [1.29, 1.82) is 4.78 Å². The van der Waals surface area contributed by atoms with Gasteiger partial charge in [0.05, 0.1) is 0 Å². The Morgan fingerprint density at radius 2 is 2.45 bits per heavy atom. The second kappa shape index (κ2) is 3.13. The van der Waals surface area contributed by atoms with E-state index in [-0.39, 0.29) is 0 Å². The predicted octanol–water partition coefficient (Wildman–Crippen LogP) is 2.87. The average Bonchev–Trinajstić information content (AvgIpc) is 2.32. The molecule has 1 aromatic heterocycles. The summed E-state index contributed by atoms with van der Waals surface area (Å²) >= 11 is 1.29. The van der Waals surface area contributed by atoms with Gasteiger partial charge in [0, 0.05) is 10.7 Å². The zero-order valence-electron chi connectivity index (χ0n) is 5.96. The minimum Gasteiger partial charge on any atom is -0.235 e. The SMILES string of the molecule is CCc1csc(S(=N)(=O)Cl)c1. The summed E-state index contributed by atoms with van der Waals surface area (Å²) in [6.45, 7) is 2.01. The van der Waals surface area contributed by atoms with Crippen molar-refractivity contribution in [2.75, 3.05) is 0 Å². The number of halogens is 1. The molecule has 0 spiro atoms. The molecular weight excluding hydrogens is 202 g/mol. The van der Waals surface area contributed by atoms with Gasteiger partial charge in [-0.2, -0.15) is 0 Å². The first-order chi connectivity index (χ1) is 5.04. The Morgan fingerprint density at radius 1 is 1.82 bits per heavy atom. The van der Waals surface area contributed by atoms with Crippen LogP contribution in [0, 0.1) is 4.78 Å². The molecule has 0 fully saturated rings. The number of hydrogen-bond donors (Lipinski definition) is 1. The van der Waals surface area contributed by atoms with Crippen LogP contribution in [0.3, 0.4) is 0 Å². The number of aryl methyl sites for hydroxylation is 1. The first kappa shape index (κ1) is 9.03. The lowest BCUT2D eigenvalue weighted by Crippen LogP contribution is -1.81. The number of rotatable bonds is 2. The summed E-state index contributed by atoms with van der Waals surface area (Å²) in [6, 6.07) is 1.73. The summed E-state index contributed by atoms with van der Waals surface area (Å²) in [4.78, 5) is 0. The van der Waals surface area contributed by atoms with Crippen LogP contribution >= 0.6 is 22.0 Å². The van der Waals surface area contributed by atoms with E-state index >= 15 is 0 Å². The Kier molecular flexibility index (Phi) is 2.57. The first-order valence-corrected chi connectivity index (χ1v) is 6.36. The van der Waals surface area contributed by atoms with Crippen molar-refractivity contribution in [3.8, 4) is 0 Å². The smallest absolute Gasteiger partial charge is 0.166 e. The van der Waals surface area contributed by atoms with Gasteiger partial charge < -0.3 is 0 Å². The highest BCUT2D eigenvalue weighted by Gasteiger charge is 2.07. The summed E-state index contributed by atoms with van der Waals surface area (Å²) in [7, 11) is 2.33. The Bertz CT molecular complexity index is 341. The molecule has 11 heavy (non-hydrogen) atoms. The van der Waals surface area contributed by atoms with E-state index in [4.69, 9.17) is 15.5 Å². The van der Waals surface area contributed by atoms with Gasteiger partial charge in [-0.1, -0.05) is 6.92 Å². The van der Waals surface area contributed by atoms with Crippen LogP contribution in [-0.4, -0.2) is 4.21 Å². The quantitative estimate of drug-likeness (QED) is 0.748. The van der Waals surface area contributed by atoms with Gasteiger partial charge in [0.25, 0.3) is 0 Å². The van der Waals surface area contributed by atoms with Crippen LogP contribution in [0.25, 0.3) is 0 Å². The highest BCUT2D eigenvalue weighted by molar-refractivity contribution is 8.15. The monoisotopic (exact) mass is 209 g/mol. The van der Waals surface area contributed by atoms with E-state index in [1.165, 1.54) is 11.3 Å². The molecule has 0 radical (unpaired) electrons. The van der Waals surface area contributed by atoms with E-state index in [0.29, 0.717) is 4.21 Å². The lowest BCUT2D eigenvalue weighted by molar-refractivity contribution is 0.685. The van der Waals surface area contributed by atoms with Crippen LogP contribution in [0.4, 0.5) is 0 Å². The predicted molar refractivity (Wildman–Crippen MR) is 48.7 cm³/mol. The Hall–Kier alpha value is -0.0600. The molecule has 0 bridgehead atoms. The van der Waals surface area contributed by atoms with Crippen molar-refractivity contribution < 1.29 is 4.21 Å². The van der Waals surface area contributed by atoms with E-state index in [1.54, 1.807) is 6.07 Å². The zero-order chi connectivity index (χ0) is 8.48. The molecule has 5 heteroatoms. The van der Waals surface area contributed by atoms with Crippen LogP contribution in [0.2, 0.25) is 0 Å². The molecule has 0 saturated carbocycles. The molecule has 0 aliphatic rings. The van der Waals surface area contributed by atoms with Crippen LogP contribution in [0.5, 0.6) is 0 Å². The molecule has 62 valence electrons. The summed E-state index contributed by atoms with van der Waals surface area (Å²) in [5.74, 6) is 0. The number of nitrogens with one attached hydrogen (secondary N) is 1. The van der Waals surface area contributed by atoms with Gasteiger partial charge in [-0.3, -0.25) is 0 Å². The Balaban J connectivity index is 3.09. The van der Waals surface area contributed by atoms with Gasteiger partial charge in [0.2, 0.25) is 0 Å². The van der Waals surface area contributed by atoms with E-state index < -0.39 is 8.94 Å². The van der Waals surface area contributed by atoms with Crippen molar-refractivity contribution >= 4 is 31.0 Å². The molecule has 0 aliphatic heterocycles. The highest BCUT2D eigenvalue weighted by Crippen LogP contribution is 2.24. The maximum absolute atomic E-state index is 11.0. The van der Waals surface area contributed by atoms with Gasteiger partial charge in [0.15, 0.2) is 8.94 Å². The van der Waals surface area contributed by atoms with Gasteiger partial charge in [-0.05, 0) is 23.4 Å². The summed E-state index contributed by atoms with van der Waals surface area (Å²) in [5, 5.41) is 1.88. The maximum Gasteiger partial charge on any atom is 0.166 e. The van der Waals surface area contributed by atoms with Crippen LogP contribution in [0.1, 0.15) is 12.5 Å². The maximum atomic E-state index is 11.0. The molecule has 0 saturated heterocycles. The first-order valence-electron chi connectivity index (χ1n) is 3.10. The highest BCUT2D eigenvalue weighted by atomic mass is 35.7. The fourth-order valence-electron chi connectivity index (χ4n) is 0.676. The van der Waals surface area contributed by atoms with Crippen molar-refractivity contribution in [2.45, 2.75) is 17.6 Å². The third kappa shape index (κ3) is 2.18. The van der Waals surface area contributed by atoms with Crippen LogP contribution in [-0.2, 0) is 15.4 Å². The molecule has 1 atom stereocenters. The molecule has 0 aromatic carbocycles. The largest absolute Gasteiger partial charge is 0.235 e. The van der Waals surface area contributed by atoms with Crippen molar-refractivity contribution in [1.82, 2.24) is 0 Å². The van der Waals surface area contributed by atoms with E-state index in [9.17, 15) is 4.21 Å². The van der Waals surface area contributed by atoms with Gasteiger partial charge in [-0.15, -0.1) is 11.3 Å². The molecule has 1 unspecified atom stereocenters. The van der Waals surface area contributed by atoms with Gasteiger partial charge >= 0.3 is 0 Å². The van der Waals surface area contributed by atoms with E-state index in [0.717, 1.165) is 12.0 Å². The van der Waals surface area contributed by atoms with Crippen molar-refractivity contribution in [2.24, 2.45) is 0 Å². The number of hydrogen-bond acceptors (Lipinski definition) is 3. The second-order valence-corrected chi connectivity index (χ2v) is 6.00. The second-order valence-electron chi connectivity index (χ2n) is 2.11. The standard InChI is InChI=1S/C6H8ClNOS2/c1-2-5-3-6(10-4-5)11(7,8)9/h3-4,8H,2H2,1H3. The molecule has 0 amide bonds. The van der Waals surface area contributed by atoms with Gasteiger partial charge in [-0.25, -0.2) is 8.99 Å². The molecule has 1 heterocycles. The number of thiophene rings is 1. The lowest BCUT2D eigenvalue weighted by atomic mass is 10.3. The van der Waals surface area contributed by atoms with Gasteiger partial charge in [0.1, 0.15) is 4.21 Å². The average molecular weight is 210 g/mol. The molecule has 1 N–H and O–H groups in total. The van der Waals surface area contributed by atoms with E-state index in [1.807, 2.05) is 12.3 Å². The van der Waals surface area contributed by atoms with Crippen molar-refractivity contribution in [3.05, 3.63) is 17.0 Å². The van der Waals surface area contributed by atoms with E-state index in [2.05, 4.69) is 0 Å². The lowest BCUT2D eigenvalue weighted by Gasteiger charge is -1.89. The minimum atomic E-state index is -3.00. The summed E-state index contributed by atoms with van der Waals surface area (Å²) in [5.41, 5.74) is 1.09. The van der Waals surface area contributed by atoms with Crippen LogP contribution in [0.15, 0.2) is 15.7 Å². The Morgan fingerprint density at radius 3 is 2.73 bits per heavy atom. The fourth-order valence-corrected chi connectivity index (χ4v) is 2.80. The third-order valence-electron chi connectivity index (χ3n) is 1.30. The topological polar surface area (TPSA) is 40.9 Å². The molecule has 0 aliphatic carbocycles. The van der Waals surface area contributed by atoms with Crippen LogP contribution < -0.4 is 0 Å². The summed E-state index contributed by atoms with van der Waals surface area (Å²) in [6.07, 6.45) is 0.892. The Labute approximate surface area is 74.7 Å². The minimum absolute atomic E-state index is 0.455. The normalized spacial score (nSPS) is 16.2. The van der Waals surface area contributed by atoms with Crippen molar-refractivity contribution in [3.63, 3.8) is 0 Å². The zero-order valence-corrected chi connectivity index (χ0v) is 8.35. The fraction of sp³-hybridized carbons (Fsp3) is 0.333. The summed E-state index contributed by atoms with van der Waals surface area (Å²) < 4.78 is 18.5. The molecular formula is C6H8ClNOS2.